The smallest absolute Gasteiger partial charge is 0.335 e. The van der Waals surface area contributed by atoms with Gasteiger partial charge in [0.25, 0.3) is 11.8 Å². The molecule has 0 bridgehead atoms. The van der Waals surface area contributed by atoms with Gasteiger partial charge in [-0.05, 0) is 42.8 Å². The number of nitrogens with zero attached hydrogens (tertiary/aromatic N) is 1. The highest BCUT2D eigenvalue weighted by molar-refractivity contribution is 6.39. The van der Waals surface area contributed by atoms with Gasteiger partial charge in [-0.15, -0.1) is 0 Å². The summed E-state index contributed by atoms with van der Waals surface area (Å²) in [6.07, 6.45) is 1.33. The number of barbiturate groups is 1. The molecule has 148 valence electrons. The van der Waals surface area contributed by atoms with Crippen molar-refractivity contribution in [1.29, 1.82) is 0 Å². The van der Waals surface area contributed by atoms with E-state index in [0.29, 0.717) is 23.7 Å². The lowest BCUT2D eigenvalue weighted by Gasteiger charge is -2.26. The topological polar surface area (TPSA) is 114 Å². The number of imide groups is 2. The van der Waals surface area contributed by atoms with Gasteiger partial charge in [-0.3, -0.25) is 14.9 Å². The van der Waals surface area contributed by atoms with Crippen LogP contribution in [0, 0.1) is 0 Å². The predicted molar refractivity (Wildman–Crippen MR) is 101 cm³/mol. The van der Waals surface area contributed by atoms with Crippen LogP contribution < -0.4 is 24.4 Å². The Kier molecular flexibility index (Phi) is 4.55. The molecule has 0 aliphatic carbocycles. The van der Waals surface area contributed by atoms with E-state index in [1.807, 2.05) is 0 Å². The third-order valence-corrected chi connectivity index (χ3v) is 4.31. The molecular weight excluding hydrogens is 380 g/mol. The Hall–Kier alpha value is -4.01. The fourth-order valence-corrected chi connectivity index (χ4v) is 2.97. The minimum absolute atomic E-state index is 0.0472. The zero-order chi connectivity index (χ0) is 20.5. The number of phenolic OH excluding ortho intramolecular Hbond substituents is 1. The number of fused-ring (bicyclic) bond motifs is 1. The maximum Gasteiger partial charge on any atom is 0.335 e. The molecule has 0 saturated carbocycles. The van der Waals surface area contributed by atoms with Crippen molar-refractivity contribution in [3.63, 3.8) is 0 Å². The number of ether oxygens (including phenoxy) is 3. The molecule has 0 unspecified atom stereocenters. The normalized spacial score (nSPS) is 16.9. The number of aromatic hydroxyl groups is 1. The first-order chi connectivity index (χ1) is 14.0. The minimum Gasteiger partial charge on any atom is -0.504 e. The van der Waals surface area contributed by atoms with Crippen LogP contribution in [-0.2, 0) is 9.59 Å². The van der Waals surface area contributed by atoms with Gasteiger partial charge in [0.05, 0.1) is 12.3 Å². The van der Waals surface area contributed by atoms with Crippen molar-refractivity contribution in [2.45, 2.75) is 6.92 Å². The summed E-state index contributed by atoms with van der Waals surface area (Å²) in [4.78, 5) is 38.4. The van der Waals surface area contributed by atoms with Gasteiger partial charge in [0.15, 0.2) is 23.0 Å². The van der Waals surface area contributed by atoms with E-state index in [1.165, 1.54) is 36.4 Å². The number of nitrogens with one attached hydrogen (secondary N) is 1. The average Bonchev–Trinajstić information content (AvgIpc) is 3.15. The van der Waals surface area contributed by atoms with Crippen molar-refractivity contribution in [3.8, 4) is 23.0 Å². The molecule has 2 aliphatic rings. The van der Waals surface area contributed by atoms with Gasteiger partial charge in [-0.1, -0.05) is 6.07 Å². The standard InChI is InChI=1S/C20H16N2O7/c1-2-27-16-8-11(3-5-14(16)23)7-13-18(24)21-20(26)22(19(13)25)12-4-6-15-17(9-12)29-10-28-15/h3-9,23H,2,10H2,1H3,(H,21,24,26)/b13-7+. The van der Waals surface area contributed by atoms with Crippen LogP contribution in [0.3, 0.4) is 0 Å². The molecule has 2 aromatic carbocycles. The minimum atomic E-state index is -0.864. The number of carbonyl (C=O) groups is 3. The average molecular weight is 396 g/mol. The van der Waals surface area contributed by atoms with E-state index in [4.69, 9.17) is 14.2 Å². The molecule has 2 aromatic rings. The predicted octanol–water partition coefficient (Wildman–Crippen LogP) is 2.19. The van der Waals surface area contributed by atoms with Gasteiger partial charge in [-0.2, -0.15) is 0 Å². The van der Waals surface area contributed by atoms with Crippen molar-refractivity contribution >= 4 is 29.6 Å². The van der Waals surface area contributed by atoms with E-state index in [9.17, 15) is 19.5 Å². The Bertz CT molecular complexity index is 1060. The van der Waals surface area contributed by atoms with E-state index in [2.05, 4.69) is 5.32 Å². The third-order valence-electron chi connectivity index (χ3n) is 4.31. The summed E-state index contributed by atoms with van der Waals surface area (Å²) in [7, 11) is 0. The molecule has 1 saturated heterocycles. The summed E-state index contributed by atoms with van der Waals surface area (Å²) in [6, 6.07) is 8.13. The van der Waals surface area contributed by atoms with Crippen LogP contribution in [0.2, 0.25) is 0 Å². The Balaban J connectivity index is 1.70. The highest BCUT2D eigenvalue weighted by Gasteiger charge is 2.37. The lowest BCUT2D eigenvalue weighted by molar-refractivity contribution is -0.122. The Morgan fingerprint density at radius 2 is 1.93 bits per heavy atom. The molecule has 9 heteroatoms. The number of phenols is 1. The molecule has 29 heavy (non-hydrogen) atoms. The van der Waals surface area contributed by atoms with Crippen molar-refractivity contribution in [1.82, 2.24) is 5.32 Å². The summed E-state index contributed by atoms with van der Waals surface area (Å²) in [5.41, 5.74) is 0.441. The van der Waals surface area contributed by atoms with E-state index >= 15 is 0 Å². The number of carbonyl (C=O) groups excluding carboxylic acids is 3. The first kappa shape index (κ1) is 18.4. The molecule has 0 aromatic heterocycles. The van der Waals surface area contributed by atoms with Gasteiger partial charge in [0.1, 0.15) is 5.57 Å². The molecule has 0 radical (unpaired) electrons. The number of rotatable bonds is 4. The molecule has 2 N–H and O–H groups in total. The first-order valence-electron chi connectivity index (χ1n) is 8.75. The second-order valence-corrected chi connectivity index (χ2v) is 6.16. The highest BCUT2D eigenvalue weighted by Crippen LogP contribution is 2.36. The van der Waals surface area contributed by atoms with E-state index in [-0.39, 0.29) is 29.6 Å². The SMILES string of the molecule is CCOc1cc(/C=C2\C(=O)NC(=O)N(c3ccc4c(c3)OCO4)C2=O)ccc1O. The van der Waals surface area contributed by atoms with Crippen LogP contribution in [0.15, 0.2) is 42.0 Å². The second-order valence-electron chi connectivity index (χ2n) is 6.16. The molecule has 1 fully saturated rings. The summed E-state index contributed by atoms with van der Waals surface area (Å²) in [6.45, 7) is 2.14. The summed E-state index contributed by atoms with van der Waals surface area (Å²) >= 11 is 0. The zero-order valence-electron chi connectivity index (χ0n) is 15.3. The lowest BCUT2D eigenvalue weighted by atomic mass is 10.1. The van der Waals surface area contributed by atoms with Crippen molar-refractivity contribution in [2.24, 2.45) is 0 Å². The Morgan fingerprint density at radius 3 is 2.72 bits per heavy atom. The van der Waals surface area contributed by atoms with E-state index < -0.39 is 17.8 Å². The number of hydrogen-bond donors (Lipinski definition) is 2. The van der Waals surface area contributed by atoms with E-state index in [1.54, 1.807) is 13.0 Å². The fraction of sp³-hybridized carbons (Fsp3) is 0.150. The molecule has 2 aliphatic heterocycles. The summed E-state index contributed by atoms with van der Waals surface area (Å²) < 4.78 is 15.8. The Morgan fingerprint density at radius 1 is 1.14 bits per heavy atom. The van der Waals surface area contributed by atoms with Gasteiger partial charge >= 0.3 is 6.03 Å². The third kappa shape index (κ3) is 3.33. The largest absolute Gasteiger partial charge is 0.504 e. The maximum atomic E-state index is 13.0. The molecule has 4 amide bonds. The molecular formula is C20H16N2O7. The number of hydrogen-bond acceptors (Lipinski definition) is 7. The van der Waals surface area contributed by atoms with Crippen LogP contribution in [0.4, 0.5) is 10.5 Å². The molecule has 0 atom stereocenters. The maximum absolute atomic E-state index is 13.0. The van der Waals surface area contributed by atoms with Crippen molar-refractivity contribution in [3.05, 3.63) is 47.5 Å². The van der Waals surface area contributed by atoms with Gasteiger partial charge in [0, 0.05) is 6.07 Å². The van der Waals surface area contributed by atoms with Crippen molar-refractivity contribution < 1.29 is 33.7 Å². The first-order valence-corrected chi connectivity index (χ1v) is 8.75. The number of benzene rings is 2. The molecule has 2 heterocycles. The van der Waals surface area contributed by atoms with Crippen LogP contribution in [-0.4, -0.2) is 36.4 Å². The van der Waals surface area contributed by atoms with Crippen LogP contribution in [0.1, 0.15) is 12.5 Å². The molecule has 0 spiro atoms. The highest BCUT2D eigenvalue weighted by atomic mass is 16.7. The summed E-state index contributed by atoms with van der Waals surface area (Å²) in [5.74, 6) is -0.560. The van der Waals surface area contributed by atoms with Crippen LogP contribution >= 0.6 is 0 Å². The number of anilines is 1. The van der Waals surface area contributed by atoms with Crippen molar-refractivity contribution in [2.75, 3.05) is 18.3 Å². The fourth-order valence-electron chi connectivity index (χ4n) is 2.97. The van der Waals surface area contributed by atoms with Gasteiger partial charge in [0.2, 0.25) is 6.79 Å². The summed E-state index contributed by atoms with van der Waals surface area (Å²) in [5, 5.41) is 12.0. The number of amides is 4. The van der Waals surface area contributed by atoms with Gasteiger partial charge in [-0.25, -0.2) is 9.69 Å². The Labute approximate surface area is 165 Å². The number of urea groups is 1. The van der Waals surface area contributed by atoms with E-state index in [0.717, 1.165) is 4.90 Å². The zero-order valence-corrected chi connectivity index (χ0v) is 15.3. The second kappa shape index (κ2) is 7.19. The molecule has 4 rings (SSSR count). The van der Waals surface area contributed by atoms with Crippen LogP contribution in [0.25, 0.3) is 6.08 Å². The lowest BCUT2D eigenvalue weighted by Crippen LogP contribution is -2.54. The quantitative estimate of drug-likeness (QED) is 0.601. The molecule has 9 nitrogen and oxygen atoms in total. The van der Waals surface area contributed by atoms with Gasteiger partial charge < -0.3 is 19.3 Å². The van der Waals surface area contributed by atoms with Crippen LogP contribution in [0.5, 0.6) is 23.0 Å². The monoisotopic (exact) mass is 396 g/mol.